The first-order chi connectivity index (χ1) is 20.8. The Bertz CT molecular complexity index is 1570. The number of carbonyl (C=O) groups is 1. The Hall–Kier alpha value is -4.02. The average Bonchev–Trinajstić information content (AvgIpc) is 3.31. The molecule has 0 saturated carbocycles. The van der Waals surface area contributed by atoms with Crippen molar-refractivity contribution >= 4 is 44.3 Å². The SMILES string of the molecule is CCOc1cc2c(cc1OCC)C(=C(Nc1ccc(N(CCN3CCCCC3)S(C)(=O)=O)cc1)c1ccccc1)C(=O)N2. The molecule has 0 atom stereocenters. The molecule has 0 bridgehead atoms. The molecular formula is C33H40N4O5S. The van der Waals surface area contributed by atoms with Gasteiger partial charge in [-0.15, -0.1) is 0 Å². The molecule has 2 aliphatic rings. The highest BCUT2D eigenvalue weighted by Gasteiger charge is 2.31. The van der Waals surface area contributed by atoms with Crippen molar-refractivity contribution in [2.75, 3.05) is 60.6 Å². The van der Waals surface area contributed by atoms with Crippen molar-refractivity contribution in [1.29, 1.82) is 0 Å². The molecule has 3 aromatic rings. The lowest BCUT2D eigenvalue weighted by Crippen LogP contribution is -2.40. The number of nitrogens with one attached hydrogen (secondary N) is 2. The minimum atomic E-state index is -3.47. The third-order valence-electron chi connectivity index (χ3n) is 7.63. The second kappa shape index (κ2) is 13.5. The van der Waals surface area contributed by atoms with Crippen LogP contribution >= 0.6 is 0 Å². The summed E-state index contributed by atoms with van der Waals surface area (Å²) in [7, 11) is -3.47. The molecule has 10 heteroatoms. The van der Waals surface area contributed by atoms with Crippen LogP contribution in [0.3, 0.4) is 0 Å². The Balaban J connectivity index is 1.48. The van der Waals surface area contributed by atoms with Gasteiger partial charge in [0.15, 0.2) is 11.5 Å². The maximum absolute atomic E-state index is 13.5. The number of ether oxygens (including phenoxy) is 2. The van der Waals surface area contributed by atoms with Gasteiger partial charge in [-0.2, -0.15) is 0 Å². The lowest BCUT2D eigenvalue weighted by atomic mass is 9.99. The molecule has 5 rings (SSSR count). The fourth-order valence-electron chi connectivity index (χ4n) is 5.60. The van der Waals surface area contributed by atoms with Crippen LogP contribution in [0.5, 0.6) is 11.5 Å². The third kappa shape index (κ3) is 7.14. The van der Waals surface area contributed by atoms with Crippen molar-refractivity contribution < 1.29 is 22.7 Å². The van der Waals surface area contributed by atoms with Crippen LogP contribution in [-0.4, -0.2) is 64.9 Å². The molecule has 0 aliphatic carbocycles. The lowest BCUT2D eigenvalue weighted by Gasteiger charge is -2.30. The molecule has 1 fully saturated rings. The van der Waals surface area contributed by atoms with Gasteiger partial charge in [-0.1, -0.05) is 36.8 Å². The van der Waals surface area contributed by atoms with E-state index in [-0.39, 0.29) is 5.91 Å². The number of hydrogen-bond donors (Lipinski definition) is 2. The van der Waals surface area contributed by atoms with E-state index in [9.17, 15) is 13.2 Å². The first kappa shape index (κ1) is 30.4. The zero-order chi connectivity index (χ0) is 30.4. The second-order valence-electron chi connectivity index (χ2n) is 10.7. The Morgan fingerprint density at radius 2 is 1.58 bits per heavy atom. The zero-order valence-corrected chi connectivity index (χ0v) is 25.9. The van der Waals surface area contributed by atoms with Crippen LogP contribution < -0.4 is 24.4 Å². The van der Waals surface area contributed by atoms with Gasteiger partial charge in [-0.3, -0.25) is 9.10 Å². The largest absolute Gasteiger partial charge is 0.490 e. The summed E-state index contributed by atoms with van der Waals surface area (Å²) in [5.41, 5.74) is 4.62. The number of anilines is 3. The molecule has 228 valence electrons. The van der Waals surface area contributed by atoms with Crippen LogP contribution in [0.2, 0.25) is 0 Å². The molecule has 9 nitrogen and oxygen atoms in total. The minimum absolute atomic E-state index is 0.241. The summed E-state index contributed by atoms with van der Waals surface area (Å²) in [5, 5.41) is 6.44. The van der Waals surface area contributed by atoms with Crippen molar-refractivity contribution in [3.05, 3.63) is 77.9 Å². The van der Waals surface area contributed by atoms with Gasteiger partial charge in [0, 0.05) is 30.4 Å². The van der Waals surface area contributed by atoms with E-state index >= 15 is 0 Å². The molecule has 2 heterocycles. The number of rotatable bonds is 12. The zero-order valence-electron chi connectivity index (χ0n) is 25.1. The van der Waals surface area contributed by atoms with Gasteiger partial charge in [-0.25, -0.2) is 8.42 Å². The van der Waals surface area contributed by atoms with Crippen LogP contribution in [0.15, 0.2) is 66.7 Å². The van der Waals surface area contributed by atoms with Crippen LogP contribution in [-0.2, 0) is 14.8 Å². The number of sulfonamides is 1. The van der Waals surface area contributed by atoms with Gasteiger partial charge in [0.2, 0.25) is 10.0 Å². The normalized spacial score (nSPS) is 16.3. The molecule has 0 unspecified atom stereocenters. The van der Waals surface area contributed by atoms with Crippen molar-refractivity contribution in [3.63, 3.8) is 0 Å². The van der Waals surface area contributed by atoms with Crippen LogP contribution in [0.4, 0.5) is 17.1 Å². The predicted molar refractivity (Wildman–Crippen MR) is 173 cm³/mol. The average molecular weight is 605 g/mol. The second-order valence-corrected chi connectivity index (χ2v) is 12.6. The van der Waals surface area contributed by atoms with Crippen molar-refractivity contribution in [2.45, 2.75) is 33.1 Å². The van der Waals surface area contributed by atoms with E-state index in [1.165, 1.54) is 17.0 Å². The molecule has 3 aromatic carbocycles. The van der Waals surface area contributed by atoms with Gasteiger partial charge < -0.3 is 25.0 Å². The predicted octanol–water partition coefficient (Wildman–Crippen LogP) is 5.67. The van der Waals surface area contributed by atoms with E-state index in [1.807, 2.05) is 62.4 Å². The Morgan fingerprint density at radius 1 is 0.930 bits per heavy atom. The summed E-state index contributed by atoms with van der Waals surface area (Å²) in [6.45, 7) is 7.84. The van der Waals surface area contributed by atoms with E-state index < -0.39 is 10.0 Å². The number of piperidine rings is 1. The third-order valence-corrected chi connectivity index (χ3v) is 8.83. The summed E-state index contributed by atoms with van der Waals surface area (Å²) in [4.78, 5) is 15.8. The fraction of sp³-hybridized carbons (Fsp3) is 0.364. The first-order valence-electron chi connectivity index (χ1n) is 14.9. The Kier molecular flexibility index (Phi) is 9.57. The summed E-state index contributed by atoms with van der Waals surface area (Å²) >= 11 is 0. The summed E-state index contributed by atoms with van der Waals surface area (Å²) in [6, 6.07) is 20.6. The number of amides is 1. The van der Waals surface area contributed by atoms with E-state index in [0.29, 0.717) is 66.0 Å². The molecular weight excluding hydrogens is 564 g/mol. The number of fused-ring (bicyclic) bond motifs is 1. The van der Waals surface area contributed by atoms with Crippen LogP contribution in [0.1, 0.15) is 44.2 Å². The number of likely N-dealkylation sites (tertiary alicyclic amines) is 1. The van der Waals surface area contributed by atoms with E-state index in [1.54, 1.807) is 18.2 Å². The van der Waals surface area contributed by atoms with Crippen LogP contribution in [0.25, 0.3) is 11.3 Å². The van der Waals surface area contributed by atoms with Gasteiger partial charge in [0.1, 0.15) is 0 Å². The summed E-state index contributed by atoms with van der Waals surface area (Å²) < 4.78 is 38.6. The number of nitrogens with zero attached hydrogens (tertiary/aromatic N) is 2. The first-order valence-corrected chi connectivity index (χ1v) is 16.8. The number of benzene rings is 3. The number of carbonyl (C=O) groups excluding carboxylic acids is 1. The standard InChI is InChI=1S/C33H40N4O5S/c1-4-41-29-22-27-28(23-30(29)42-5-2)35-33(38)31(27)32(24-12-8-6-9-13-24)34-25-14-16-26(17-15-25)37(43(3,39)40)21-20-36-18-10-7-11-19-36/h6,8-9,12-17,22-23,34H,4-5,7,10-11,18-21H2,1-3H3,(H,35,38). The van der Waals surface area contributed by atoms with E-state index in [0.717, 1.165) is 37.2 Å². The van der Waals surface area contributed by atoms with Crippen molar-refractivity contribution in [1.82, 2.24) is 4.90 Å². The van der Waals surface area contributed by atoms with Crippen molar-refractivity contribution in [3.8, 4) is 11.5 Å². The van der Waals surface area contributed by atoms with Gasteiger partial charge in [0.25, 0.3) is 5.91 Å². The molecule has 0 aromatic heterocycles. The lowest BCUT2D eigenvalue weighted by molar-refractivity contribution is -0.110. The Morgan fingerprint density at radius 3 is 2.21 bits per heavy atom. The highest BCUT2D eigenvalue weighted by atomic mass is 32.2. The van der Waals surface area contributed by atoms with Gasteiger partial charge >= 0.3 is 0 Å². The maximum atomic E-state index is 13.5. The molecule has 1 amide bonds. The van der Waals surface area contributed by atoms with Gasteiger partial charge in [-0.05, 0) is 75.7 Å². The van der Waals surface area contributed by atoms with Gasteiger partial charge in [0.05, 0.1) is 42.1 Å². The maximum Gasteiger partial charge on any atom is 0.258 e. The molecule has 2 aliphatic heterocycles. The smallest absolute Gasteiger partial charge is 0.258 e. The Labute approximate surface area is 254 Å². The summed E-state index contributed by atoms with van der Waals surface area (Å²) in [6.07, 6.45) is 4.79. The van der Waals surface area contributed by atoms with Crippen molar-refractivity contribution in [2.24, 2.45) is 0 Å². The molecule has 43 heavy (non-hydrogen) atoms. The molecule has 0 spiro atoms. The highest BCUT2D eigenvalue weighted by molar-refractivity contribution is 7.92. The molecule has 1 saturated heterocycles. The van der Waals surface area contributed by atoms with E-state index in [2.05, 4.69) is 15.5 Å². The fourth-order valence-corrected chi connectivity index (χ4v) is 6.52. The highest BCUT2D eigenvalue weighted by Crippen LogP contribution is 2.43. The molecule has 0 radical (unpaired) electrons. The minimum Gasteiger partial charge on any atom is -0.490 e. The van der Waals surface area contributed by atoms with Crippen LogP contribution in [0, 0.1) is 0 Å². The molecule has 2 N–H and O–H groups in total. The summed E-state index contributed by atoms with van der Waals surface area (Å²) in [5.74, 6) is 0.902. The number of hydrogen-bond acceptors (Lipinski definition) is 7. The van der Waals surface area contributed by atoms with E-state index in [4.69, 9.17) is 9.47 Å². The quantitative estimate of drug-likeness (QED) is 0.257. The topological polar surface area (TPSA) is 100 Å². The monoisotopic (exact) mass is 604 g/mol.